The number of benzene rings is 1. The van der Waals surface area contributed by atoms with Gasteiger partial charge in [0.05, 0.1) is 16.3 Å². The van der Waals surface area contributed by atoms with Gasteiger partial charge in [-0.2, -0.15) is 4.68 Å². The van der Waals surface area contributed by atoms with E-state index in [9.17, 15) is 0 Å². The number of thiophene rings is 1. The van der Waals surface area contributed by atoms with Gasteiger partial charge in [-0.05, 0) is 31.3 Å². The maximum Gasteiger partial charge on any atom is 0.203 e. The summed E-state index contributed by atoms with van der Waals surface area (Å²) in [6.07, 6.45) is 0. The lowest BCUT2D eigenvalue weighted by Gasteiger charge is -2.12. The fraction of sp³-hybridized carbons (Fsp3) is 0.294. The van der Waals surface area contributed by atoms with E-state index in [4.69, 9.17) is 28.9 Å². The van der Waals surface area contributed by atoms with Crippen LogP contribution in [0.2, 0.25) is 4.34 Å². The standard InChI is InChI=1S/C17H19ClN4S2/c1-3-21-16(13-7-5-4-6-8-13)19-22(17(21)23)12-20(2)11-14-9-10-15(18)24-14/h4-10H,3,11-12H2,1-2H3/p+1. The van der Waals surface area contributed by atoms with Crippen LogP contribution in [0.4, 0.5) is 0 Å². The second-order valence-corrected chi connectivity index (χ2v) is 7.88. The summed E-state index contributed by atoms with van der Waals surface area (Å²) in [6, 6.07) is 14.2. The summed E-state index contributed by atoms with van der Waals surface area (Å²) >= 11 is 13.3. The first-order valence-electron chi connectivity index (χ1n) is 7.87. The Hall–Kier alpha value is -1.47. The summed E-state index contributed by atoms with van der Waals surface area (Å²) in [5.41, 5.74) is 1.09. The predicted molar refractivity (Wildman–Crippen MR) is 102 cm³/mol. The normalized spacial score (nSPS) is 12.5. The minimum absolute atomic E-state index is 0.723. The van der Waals surface area contributed by atoms with Gasteiger partial charge < -0.3 is 9.47 Å². The van der Waals surface area contributed by atoms with E-state index in [0.717, 1.165) is 40.3 Å². The molecular formula is C17H20ClN4S2+. The highest BCUT2D eigenvalue weighted by Gasteiger charge is 2.14. The van der Waals surface area contributed by atoms with Crippen LogP contribution in [-0.4, -0.2) is 21.4 Å². The van der Waals surface area contributed by atoms with Gasteiger partial charge >= 0.3 is 0 Å². The van der Waals surface area contributed by atoms with Crippen molar-refractivity contribution in [1.29, 1.82) is 0 Å². The van der Waals surface area contributed by atoms with Crippen molar-refractivity contribution in [3.63, 3.8) is 0 Å². The maximum atomic E-state index is 6.01. The highest BCUT2D eigenvalue weighted by atomic mass is 35.5. The first kappa shape index (κ1) is 17.4. The fourth-order valence-electron chi connectivity index (χ4n) is 2.69. The summed E-state index contributed by atoms with van der Waals surface area (Å²) in [6.45, 7) is 4.53. The molecule has 0 fully saturated rings. The van der Waals surface area contributed by atoms with E-state index in [1.807, 2.05) is 28.9 Å². The van der Waals surface area contributed by atoms with Crippen molar-refractivity contribution >= 4 is 35.2 Å². The molecule has 0 aliphatic carbocycles. The van der Waals surface area contributed by atoms with Crippen molar-refractivity contribution in [3.05, 3.63) is 56.4 Å². The molecule has 3 rings (SSSR count). The number of hydrogen-bond acceptors (Lipinski definition) is 3. The van der Waals surface area contributed by atoms with Crippen LogP contribution < -0.4 is 4.90 Å². The van der Waals surface area contributed by atoms with Crippen molar-refractivity contribution < 1.29 is 4.90 Å². The first-order valence-corrected chi connectivity index (χ1v) is 9.47. The molecule has 0 radical (unpaired) electrons. The Bertz CT molecular complexity index is 866. The van der Waals surface area contributed by atoms with Gasteiger partial charge in [0.25, 0.3) is 0 Å². The Labute approximate surface area is 155 Å². The number of quaternary nitrogens is 1. The Balaban J connectivity index is 1.83. The fourth-order valence-corrected chi connectivity index (χ4v) is 4.21. The van der Waals surface area contributed by atoms with Crippen LogP contribution in [-0.2, 0) is 19.8 Å². The molecule has 0 aliphatic rings. The van der Waals surface area contributed by atoms with Gasteiger partial charge in [0.15, 0.2) is 12.5 Å². The molecule has 1 N–H and O–H groups in total. The number of nitrogens with zero attached hydrogens (tertiary/aromatic N) is 3. The number of hydrogen-bond donors (Lipinski definition) is 1. The summed E-state index contributed by atoms with van der Waals surface area (Å²) in [5, 5.41) is 4.77. The highest BCUT2D eigenvalue weighted by molar-refractivity contribution is 7.71. The molecule has 24 heavy (non-hydrogen) atoms. The average molecular weight is 380 g/mol. The second kappa shape index (κ2) is 7.61. The third-order valence-corrected chi connectivity index (χ3v) is 5.46. The smallest absolute Gasteiger partial charge is 0.203 e. The van der Waals surface area contributed by atoms with Crippen LogP contribution in [0.3, 0.4) is 0 Å². The van der Waals surface area contributed by atoms with E-state index < -0.39 is 0 Å². The zero-order chi connectivity index (χ0) is 17.1. The second-order valence-electron chi connectivity index (χ2n) is 5.71. The Kier molecular flexibility index (Phi) is 5.50. The zero-order valence-corrected chi connectivity index (χ0v) is 16.1. The molecule has 2 aromatic heterocycles. The number of halogens is 1. The Morgan fingerprint density at radius 1 is 1.21 bits per heavy atom. The molecule has 0 saturated carbocycles. The zero-order valence-electron chi connectivity index (χ0n) is 13.7. The lowest BCUT2D eigenvalue weighted by atomic mass is 10.2. The van der Waals surface area contributed by atoms with E-state index in [0.29, 0.717) is 0 Å². The molecule has 0 aliphatic heterocycles. The van der Waals surface area contributed by atoms with Gasteiger partial charge in [-0.3, -0.25) is 0 Å². The molecule has 0 spiro atoms. The molecule has 126 valence electrons. The molecule has 1 unspecified atom stereocenters. The largest absolute Gasteiger partial charge is 0.314 e. The first-order chi connectivity index (χ1) is 11.6. The van der Waals surface area contributed by atoms with Gasteiger partial charge in [-0.15, -0.1) is 16.4 Å². The molecule has 7 heteroatoms. The van der Waals surface area contributed by atoms with Gasteiger partial charge in [0, 0.05) is 12.1 Å². The van der Waals surface area contributed by atoms with Gasteiger partial charge in [-0.1, -0.05) is 41.9 Å². The third kappa shape index (κ3) is 3.78. The Morgan fingerprint density at radius 2 is 1.96 bits per heavy atom. The van der Waals surface area contributed by atoms with Crippen LogP contribution in [0.5, 0.6) is 0 Å². The molecule has 2 heterocycles. The quantitative estimate of drug-likeness (QED) is 0.664. The molecular weight excluding hydrogens is 360 g/mol. The predicted octanol–water partition coefficient (Wildman–Crippen LogP) is 3.49. The van der Waals surface area contributed by atoms with Gasteiger partial charge in [0.1, 0.15) is 6.54 Å². The van der Waals surface area contributed by atoms with Crippen LogP contribution in [0, 0.1) is 4.77 Å². The SMILES string of the molecule is CCn1c(-c2ccccc2)nn(C[NH+](C)Cc2ccc(Cl)s2)c1=S. The topological polar surface area (TPSA) is 27.2 Å². The number of nitrogens with one attached hydrogen (secondary N) is 1. The summed E-state index contributed by atoms with van der Waals surface area (Å²) in [7, 11) is 2.14. The minimum atomic E-state index is 0.723. The highest BCUT2D eigenvalue weighted by Crippen LogP contribution is 2.20. The molecule has 1 atom stereocenters. The van der Waals surface area contributed by atoms with Crippen molar-refractivity contribution in [2.45, 2.75) is 26.7 Å². The summed E-state index contributed by atoms with van der Waals surface area (Å²) in [4.78, 5) is 2.58. The van der Waals surface area contributed by atoms with E-state index >= 15 is 0 Å². The number of aromatic nitrogens is 3. The van der Waals surface area contributed by atoms with Crippen LogP contribution >= 0.6 is 35.2 Å². The van der Waals surface area contributed by atoms with Gasteiger partial charge in [0.2, 0.25) is 4.77 Å². The van der Waals surface area contributed by atoms with E-state index in [1.165, 1.54) is 9.78 Å². The summed E-state index contributed by atoms with van der Waals surface area (Å²) < 4.78 is 5.60. The Morgan fingerprint density at radius 3 is 2.58 bits per heavy atom. The van der Waals surface area contributed by atoms with E-state index in [1.54, 1.807) is 11.3 Å². The average Bonchev–Trinajstić information content (AvgIpc) is 3.12. The van der Waals surface area contributed by atoms with Crippen molar-refractivity contribution in [3.8, 4) is 11.4 Å². The third-order valence-electron chi connectivity index (χ3n) is 3.80. The molecule has 0 saturated heterocycles. The molecule has 1 aromatic carbocycles. The monoisotopic (exact) mass is 379 g/mol. The molecule has 3 aromatic rings. The van der Waals surface area contributed by atoms with Crippen molar-refractivity contribution in [1.82, 2.24) is 14.3 Å². The van der Waals surface area contributed by atoms with E-state index in [-0.39, 0.29) is 0 Å². The lowest BCUT2D eigenvalue weighted by Crippen LogP contribution is -3.06. The molecule has 4 nitrogen and oxygen atoms in total. The molecule has 0 amide bonds. The van der Waals surface area contributed by atoms with Crippen LogP contribution in [0.15, 0.2) is 42.5 Å². The van der Waals surface area contributed by atoms with Crippen LogP contribution in [0.1, 0.15) is 11.8 Å². The minimum Gasteiger partial charge on any atom is -0.314 e. The maximum absolute atomic E-state index is 6.01. The summed E-state index contributed by atoms with van der Waals surface area (Å²) in [5.74, 6) is 0.926. The lowest BCUT2D eigenvalue weighted by molar-refractivity contribution is -0.917. The van der Waals surface area contributed by atoms with Crippen molar-refractivity contribution in [2.24, 2.45) is 0 Å². The van der Waals surface area contributed by atoms with Crippen LogP contribution in [0.25, 0.3) is 11.4 Å². The van der Waals surface area contributed by atoms with E-state index in [2.05, 4.69) is 36.7 Å². The van der Waals surface area contributed by atoms with Crippen molar-refractivity contribution in [2.75, 3.05) is 7.05 Å². The molecule has 0 bridgehead atoms. The van der Waals surface area contributed by atoms with Gasteiger partial charge in [-0.25, -0.2) is 0 Å². The number of rotatable bonds is 6.